The molecular weight excluding hydrogens is 407 g/mol. The minimum atomic E-state index is -4.34. The fraction of sp³-hybridized carbons (Fsp3) is 0.409. The highest BCUT2D eigenvalue weighted by Gasteiger charge is 2.29. The summed E-state index contributed by atoms with van der Waals surface area (Å²) < 4.78 is 44.3. The molecule has 3 aromatic rings. The highest BCUT2D eigenvalue weighted by atomic mass is 19.4. The van der Waals surface area contributed by atoms with Crippen molar-refractivity contribution in [1.29, 1.82) is 0 Å². The molecule has 0 amide bonds. The SMILES string of the molecule is FC(F)(F)c1ccc(Cc2ccccc2-c2nnn(CCOC3CCNCC3)n2)cc1. The molecule has 9 heteroatoms. The Balaban J connectivity index is 1.41. The number of alkyl halides is 3. The Kier molecular flexibility index (Phi) is 6.62. The third-order valence-electron chi connectivity index (χ3n) is 5.32. The lowest BCUT2D eigenvalue weighted by Crippen LogP contribution is -2.33. The number of nitrogens with zero attached hydrogens (tertiary/aromatic N) is 4. The number of hydrogen-bond acceptors (Lipinski definition) is 5. The molecule has 2 aromatic carbocycles. The van der Waals surface area contributed by atoms with Gasteiger partial charge in [-0.25, -0.2) is 0 Å². The molecular formula is C22H24F3N5O. The number of ether oxygens (including phenoxy) is 1. The van der Waals surface area contributed by atoms with Crippen LogP contribution in [0.1, 0.15) is 29.5 Å². The van der Waals surface area contributed by atoms with Crippen molar-refractivity contribution >= 4 is 0 Å². The zero-order valence-electron chi connectivity index (χ0n) is 17.0. The molecule has 2 heterocycles. The zero-order chi connectivity index (χ0) is 21.7. The summed E-state index contributed by atoms with van der Waals surface area (Å²) in [6, 6.07) is 12.8. The predicted molar refractivity (Wildman–Crippen MR) is 109 cm³/mol. The van der Waals surface area contributed by atoms with Gasteiger partial charge in [-0.1, -0.05) is 36.4 Å². The predicted octanol–water partition coefficient (Wildman–Crippen LogP) is 3.72. The van der Waals surface area contributed by atoms with Gasteiger partial charge in [0.1, 0.15) is 0 Å². The van der Waals surface area contributed by atoms with Gasteiger partial charge in [0.2, 0.25) is 5.82 Å². The Morgan fingerprint density at radius 2 is 1.77 bits per heavy atom. The number of halogens is 3. The number of aromatic nitrogens is 4. The summed E-state index contributed by atoms with van der Waals surface area (Å²) >= 11 is 0. The van der Waals surface area contributed by atoms with Gasteiger partial charge in [0, 0.05) is 5.56 Å². The first-order valence-electron chi connectivity index (χ1n) is 10.3. The van der Waals surface area contributed by atoms with Gasteiger partial charge in [0.15, 0.2) is 0 Å². The average molecular weight is 431 g/mol. The van der Waals surface area contributed by atoms with E-state index in [1.165, 1.54) is 16.9 Å². The van der Waals surface area contributed by atoms with Crippen LogP contribution in [0.4, 0.5) is 13.2 Å². The quantitative estimate of drug-likeness (QED) is 0.618. The summed E-state index contributed by atoms with van der Waals surface area (Å²) in [7, 11) is 0. The van der Waals surface area contributed by atoms with Crippen molar-refractivity contribution in [3.8, 4) is 11.4 Å². The first-order chi connectivity index (χ1) is 15.0. The molecule has 31 heavy (non-hydrogen) atoms. The highest BCUT2D eigenvalue weighted by molar-refractivity contribution is 5.60. The van der Waals surface area contributed by atoms with Crippen molar-refractivity contribution in [2.75, 3.05) is 19.7 Å². The Bertz CT molecular complexity index is 981. The third kappa shape index (κ3) is 5.68. The van der Waals surface area contributed by atoms with Crippen LogP contribution in [-0.2, 0) is 23.9 Å². The Labute approximate surface area is 178 Å². The Morgan fingerprint density at radius 3 is 2.52 bits per heavy atom. The van der Waals surface area contributed by atoms with Gasteiger partial charge < -0.3 is 10.1 Å². The van der Waals surface area contributed by atoms with E-state index in [1.807, 2.05) is 24.3 Å². The van der Waals surface area contributed by atoms with Gasteiger partial charge in [-0.15, -0.1) is 10.2 Å². The number of benzene rings is 2. The number of nitrogens with one attached hydrogen (secondary N) is 1. The molecule has 0 unspecified atom stereocenters. The standard InChI is InChI=1S/C22H24F3N5O/c23-22(24,25)18-7-5-16(6-8-18)15-17-3-1-2-4-20(17)21-27-29-30(28-21)13-14-31-19-9-11-26-12-10-19/h1-8,19,26H,9-15H2. The summed E-state index contributed by atoms with van der Waals surface area (Å²) in [5.41, 5.74) is 1.87. The second-order valence-electron chi connectivity index (χ2n) is 7.56. The van der Waals surface area contributed by atoms with Gasteiger partial charge in [-0.3, -0.25) is 0 Å². The lowest BCUT2D eigenvalue weighted by molar-refractivity contribution is -0.137. The first-order valence-corrected chi connectivity index (χ1v) is 10.3. The normalized spacial score (nSPS) is 15.3. The molecule has 0 radical (unpaired) electrons. The van der Waals surface area contributed by atoms with Crippen LogP contribution in [-0.4, -0.2) is 46.0 Å². The molecule has 0 spiro atoms. The van der Waals surface area contributed by atoms with Crippen LogP contribution in [0.3, 0.4) is 0 Å². The third-order valence-corrected chi connectivity index (χ3v) is 5.32. The van der Waals surface area contributed by atoms with Crippen molar-refractivity contribution in [2.24, 2.45) is 0 Å². The minimum Gasteiger partial charge on any atom is -0.376 e. The maximum absolute atomic E-state index is 12.8. The molecule has 0 aliphatic carbocycles. The van der Waals surface area contributed by atoms with Crippen LogP contribution in [0.5, 0.6) is 0 Å². The van der Waals surface area contributed by atoms with Crippen molar-refractivity contribution < 1.29 is 17.9 Å². The van der Waals surface area contributed by atoms with E-state index >= 15 is 0 Å². The number of tetrazole rings is 1. The largest absolute Gasteiger partial charge is 0.416 e. The summed E-state index contributed by atoms with van der Waals surface area (Å²) in [5.74, 6) is 0.490. The molecule has 0 bridgehead atoms. The van der Waals surface area contributed by atoms with Crippen LogP contribution < -0.4 is 5.32 Å². The van der Waals surface area contributed by atoms with Gasteiger partial charge in [-0.2, -0.15) is 18.0 Å². The van der Waals surface area contributed by atoms with E-state index in [4.69, 9.17) is 4.74 Å². The van der Waals surface area contributed by atoms with Crippen LogP contribution in [0, 0.1) is 0 Å². The van der Waals surface area contributed by atoms with Gasteiger partial charge in [0.25, 0.3) is 0 Å². The van der Waals surface area contributed by atoms with Crippen LogP contribution >= 0.6 is 0 Å². The van der Waals surface area contributed by atoms with Crippen molar-refractivity contribution in [3.63, 3.8) is 0 Å². The summed E-state index contributed by atoms with van der Waals surface area (Å²) in [5, 5.41) is 16.1. The van der Waals surface area contributed by atoms with Crippen LogP contribution in [0.15, 0.2) is 48.5 Å². The fourth-order valence-electron chi connectivity index (χ4n) is 3.63. The number of hydrogen-bond donors (Lipinski definition) is 1. The molecule has 1 N–H and O–H groups in total. The van der Waals surface area contributed by atoms with Crippen molar-refractivity contribution in [1.82, 2.24) is 25.5 Å². The second-order valence-corrected chi connectivity index (χ2v) is 7.56. The second kappa shape index (κ2) is 9.57. The van der Waals surface area contributed by atoms with E-state index < -0.39 is 11.7 Å². The van der Waals surface area contributed by atoms with Gasteiger partial charge >= 0.3 is 6.18 Å². The highest BCUT2D eigenvalue weighted by Crippen LogP contribution is 2.30. The maximum Gasteiger partial charge on any atom is 0.416 e. The van der Waals surface area contributed by atoms with E-state index in [2.05, 4.69) is 20.7 Å². The van der Waals surface area contributed by atoms with Crippen molar-refractivity contribution in [2.45, 2.75) is 38.1 Å². The van der Waals surface area contributed by atoms with E-state index in [0.717, 1.165) is 54.8 Å². The summed E-state index contributed by atoms with van der Waals surface area (Å²) in [6.07, 6.45) is -1.58. The lowest BCUT2D eigenvalue weighted by Gasteiger charge is -2.22. The van der Waals surface area contributed by atoms with Crippen molar-refractivity contribution in [3.05, 3.63) is 65.2 Å². The zero-order valence-corrected chi connectivity index (χ0v) is 17.0. The Hall–Kier alpha value is -2.78. The van der Waals surface area contributed by atoms with E-state index in [9.17, 15) is 13.2 Å². The molecule has 6 nitrogen and oxygen atoms in total. The molecule has 1 aliphatic rings. The molecule has 1 fully saturated rings. The fourth-order valence-corrected chi connectivity index (χ4v) is 3.63. The minimum absolute atomic E-state index is 0.272. The number of rotatable bonds is 7. The molecule has 1 saturated heterocycles. The first kappa shape index (κ1) is 21.5. The Morgan fingerprint density at radius 1 is 1.03 bits per heavy atom. The van der Waals surface area contributed by atoms with Gasteiger partial charge in [-0.05, 0) is 60.8 Å². The van der Waals surface area contributed by atoms with Crippen LogP contribution in [0.25, 0.3) is 11.4 Å². The molecule has 0 saturated carbocycles. The smallest absolute Gasteiger partial charge is 0.376 e. The molecule has 1 aliphatic heterocycles. The molecule has 0 atom stereocenters. The summed E-state index contributed by atoms with van der Waals surface area (Å²) in [6.45, 7) is 2.99. The van der Waals surface area contributed by atoms with E-state index in [0.29, 0.717) is 25.4 Å². The maximum atomic E-state index is 12.8. The monoisotopic (exact) mass is 431 g/mol. The molecule has 164 valence electrons. The number of piperidine rings is 1. The van der Waals surface area contributed by atoms with Gasteiger partial charge in [0.05, 0.1) is 24.8 Å². The topological polar surface area (TPSA) is 64.9 Å². The summed E-state index contributed by atoms with van der Waals surface area (Å²) in [4.78, 5) is 1.52. The molecule has 4 rings (SSSR count). The average Bonchev–Trinajstić information content (AvgIpc) is 3.23. The lowest BCUT2D eigenvalue weighted by atomic mass is 9.98. The van der Waals surface area contributed by atoms with E-state index in [-0.39, 0.29) is 6.10 Å². The van der Waals surface area contributed by atoms with Crippen LogP contribution in [0.2, 0.25) is 0 Å². The molecule has 1 aromatic heterocycles. The van der Waals surface area contributed by atoms with E-state index in [1.54, 1.807) is 0 Å².